The van der Waals surface area contributed by atoms with Crippen LogP contribution in [0.15, 0.2) is 18.2 Å². The summed E-state index contributed by atoms with van der Waals surface area (Å²) in [6, 6.07) is 4.65. The standard InChI is InChI=1S/C15H14FN5O/c16-11-6-10-13(17)20-21-14(10)19-15(11)18-12-5-8(22)4-7-2-1-3-9(7)12/h4-6,22H,1-3H2,(H4,17,18,19,20,21). The van der Waals surface area contributed by atoms with Gasteiger partial charge in [0.1, 0.15) is 5.75 Å². The Morgan fingerprint density at radius 1 is 1.27 bits per heavy atom. The summed E-state index contributed by atoms with van der Waals surface area (Å²) < 4.78 is 14.2. The number of H-pyrrole nitrogens is 1. The van der Waals surface area contributed by atoms with Crippen LogP contribution in [0.4, 0.5) is 21.7 Å². The first-order chi connectivity index (χ1) is 10.6. The van der Waals surface area contributed by atoms with Crippen molar-refractivity contribution in [2.24, 2.45) is 0 Å². The van der Waals surface area contributed by atoms with Crippen molar-refractivity contribution < 1.29 is 9.50 Å². The lowest BCUT2D eigenvalue weighted by atomic mass is 10.1. The van der Waals surface area contributed by atoms with E-state index in [1.54, 1.807) is 12.1 Å². The number of phenolic OH excluding ortho intramolecular Hbond substituents is 1. The number of pyridine rings is 1. The molecule has 0 radical (unpaired) electrons. The normalized spacial score (nSPS) is 13.5. The molecule has 5 N–H and O–H groups in total. The molecule has 0 unspecified atom stereocenters. The minimum absolute atomic E-state index is 0.0795. The highest BCUT2D eigenvalue weighted by Crippen LogP contribution is 2.35. The van der Waals surface area contributed by atoms with Gasteiger partial charge in [0.2, 0.25) is 0 Å². The van der Waals surface area contributed by atoms with Crippen molar-refractivity contribution in [2.45, 2.75) is 19.3 Å². The monoisotopic (exact) mass is 299 g/mol. The first kappa shape index (κ1) is 12.9. The first-order valence-electron chi connectivity index (χ1n) is 7.03. The van der Waals surface area contributed by atoms with Crippen LogP contribution in [0.25, 0.3) is 11.0 Å². The molecule has 0 bridgehead atoms. The van der Waals surface area contributed by atoms with Gasteiger partial charge in [-0.15, -0.1) is 0 Å². The van der Waals surface area contributed by atoms with Crippen LogP contribution in [0.1, 0.15) is 17.5 Å². The Labute approximate surface area is 125 Å². The molecule has 2 heterocycles. The number of benzene rings is 1. The second kappa shape index (κ2) is 4.59. The van der Waals surface area contributed by atoms with Gasteiger partial charge in [0.15, 0.2) is 23.1 Å². The van der Waals surface area contributed by atoms with Crippen LogP contribution in [0.3, 0.4) is 0 Å². The molecule has 0 saturated carbocycles. The number of rotatable bonds is 2. The molecule has 112 valence electrons. The molecule has 0 aliphatic heterocycles. The van der Waals surface area contributed by atoms with E-state index in [1.165, 1.54) is 6.07 Å². The molecule has 22 heavy (non-hydrogen) atoms. The minimum Gasteiger partial charge on any atom is -0.508 e. The Bertz CT molecular complexity index is 889. The average Bonchev–Trinajstić information content (AvgIpc) is 3.07. The van der Waals surface area contributed by atoms with E-state index in [-0.39, 0.29) is 17.4 Å². The number of nitrogens with zero attached hydrogens (tertiary/aromatic N) is 2. The fourth-order valence-electron chi connectivity index (χ4n) is 2.96. The van der Waals surface area contributed by atoms with E-state index >= 15 is 0 Å². The Morgan fingerprint density at radius 2 is 2.14 bits per heavy atom. The smallest absolute Gasteiger partial charge is 0.169 e. The zero-order chi connectivity index (χ0) is 15.3. The number of hydrogen-bond donors (Lipinski definition) is 4. The lowest BCUT2D eigenvalue weighted by Crippen LogP contribution is -2.01. The lowest BCUT2D eigenvalue weighted by molar-refractivity contribution is 0.475. The maximum Gasteiger partial charge on any atom is 0.169 e. The van der Waals surface area contributed by atoms with Crippen molar-refractivity contribution in [2.75, 3.05) is 11.1 Å². The number of aromatic hydroxyl groups is 1. The van der Waals surface area contributed by atoms with E-state index in [0.717, 1.165) is 30.4 Å². The number of aryl methyl sites for hydroxylation is 1. The molecule has 2 aromatic heterocycles. The second-order valence-corrected chi connectivity index (χ2v) is 5.43. The third kappa shape index (κ3) is 1.93. The highest BCUT2D eigenvalue weighted by molar-refractivity contribution is 5.87. The van der Waals surface area contributed by atoms with Crippen LogP contribution < -0.4 is 11.1 Å². The summed E-state index contributed by atoms with van der Waals surface area (Å²) in [7, 11) is 0. The number of phenols is 1. The third-order valence-corrected chi connectivity index (χ3v) is 3.99. The Morgan fingerprint density at radius 3 is 3.00 bits per heavy atom. The average molecular weight is 299 g/mol. The minimum atomic E-state index is -0.518. The number of aromatic amines is 1. The van der Waals surface area contributed by atoms with Crippen molar-refractivity contribution in [1.29, 1.82) is 0 Å². The van der Waals surface area contributed by atoms with E-state index in [9.17, 15) is 9.50 Å². The fourth-order valence-corrected chi connectivity index (χ4v) is 2.96. The van der Waals surface area contributed by atoms with Crippen LogP contribution in [0, 0.1) is 5.82 Å². The van der Waals surface area contributed by atoms with Crippen LogP contribution >= 0.6 is 0 Å². The first-order valence-corrected chi connectivity index (χ1v) is 7.03. The van der Waals surface area contributed by atoms with Crippen LogP contribution in [0.2, 0.25) is 0 Å². The number of anilines is 3. The van der Waals surface area contributed by atoms with Gasteiger partial charge in [-0.1, -0.05) is 0 Å². The van der Waals surface area contributed by atoms with E-state index in [1.807, 2.05) is 0 Å². The van der Waals surface area contributed by atoms with Gasteiger partial charge in [-0.3, -0.25) is 5.10 Å². The molecule has 0 saturated heterocycles. The predicted octanol–water partition coefficient (Wildman–Crippen LogP) is 2.62. The van der Waals surface area contributed by atoms with Crippen LogP contribution in [-0.4, -0.2) is 20.3 Å². The lowest BCUT2D eigenvalue weighted by Gasteiger charge is -2.12. The third-order valence-electron chi connectivity index (χ3n) is 3.99. The van der Waals surface area contributed by atoms with Crippen molar-refractivity contribution in [1.82, 2.24) is 15.2 Å². The Balaban J connectivity index is 1.80. The van der Waals surface area contributed by atoms with Gasteiger partial charge < -0.3 is 16.2 Å². The van der Waals surface area contributed by atoms with Crippen molar-refractivity contribution in [3.63, 3.8) is 0 Å². The number of fused-ring (bicyclic) bond motifs is 2. The number of nitrogens with one attached hydrogen (secondary N) is 2. The summed E-state index contributed by atoms with van der Waals surface area (Å²) in [5.74, 6) is -0.0619. The number of aromatic nitrogens is 3. The van der Waals surface area contributed by atoms with Gasteiger partial charge in [-0.05, 0) is 42.5 Å². The highest BCUT2D eigenvalue weighted by Gasteiger charge is 2.18. The summed E-state index contributed by atoms with van der Waals surface area (Å²) in [6.07, 6.45) is 2.85. The van der Waals surface area contributed by atoms with Gasteiger partial charge in [0, 0.05) is 11.8 Å². The molecule has 0 fully saturated rings. The van der Waals surface area contributed by atoms with Gasteiger partial charge in [0.25, 0.3) is 0 Å². The summed E-state index contributed by atoms with van der Waals surface area (Å²) in [5.41, 5.74) is 8.93. The molecule has 4 rings (SSSR count). The molecule has 3 aromatic rings. The zero-order valence-electron chi connectivity index (χ0n) is 11.7. The van der Waals surface area contributed by atoms with Gasteiger partial charge in [0.05, 0.1) is 5.39 Å². The van der Waals surface area contributed by atoms with Crippen molar-refractivity contribution in [3.05, 3.63) is 35.1 Å². The molecule has 1 aliphatic rings. The largest absolute Gasteiger partial charge is 0.508 e. The number of nitrogen functional groups attached to an aromatic ring is 1. The molecule has 7 heteroatoms. The van der Waals surface area contributed by atoms with Gasteiger partial charge in [-0.2, -0.15) is 5.10 Å². The molecule has 1 aromatic carbocycles. The Kier molecular flexibility index (Phi) is 2.69. The van der Waals surface area contributed by atoms with E-state index in [0.29, 0.717) is 16.7 Å². The summed E-state index contributed by atoms with van der Waals surface area (Å²) >= 11 is 0. The molecule has 1 aliphatic carbocycles. The summed E-state index contributed by atoms with van der Waals surface area (Å²) in [4.78, 5) is 4.18. The van der Waals surface area contributed by atoms with Crippen LogP contribution in [-0.2, 0) is 12.8 Å². The fraction of sp³-hybridized carbons (Fsp3) is 0.200. The van der Waals surface area contributed by atoms with E-state index < -0.39 is 5.82 Å². The number of hydrogen-bond acceptors (Lipinski definition) is 5. The van der Waals surface area contributed by atoms with Crippen molar-refractivity contribution >= 4 is 28.4 Å². The summed E-state index contributed by atoms with van der Waals surface area (Å²) in [5, 5.41) is 19.7. The van der Waals surface area contributed by atoms with Crippen LogP contribution in [0.5, 0.6) is 5.75 Å². The van der Waals surface area contributed by atoms with E-state index in [2.05, 4.69) is 20.5 Å². The molecular formula is C15H14FN5O. The maximum atomic E-state index is 14.2. The molecule has 0 spiro atoms. The molecule has 0 atom stereocenters. The van der Waals surface area contributed by atoms with Gasteiger partial charge >= 0.3 is 0 Å². The van der Waals surface area contributed by atoms with E-state index in [4.69, 9.17) is 5.73 Å². The molecule has 6 nitrogen and oxygen atoms in total. The highest BCUT2D eigenvalue weighted by atomic mass is 19.1. The van der Waals surface area contributed by atoms with Gasteiger partial charge in [-0.25, -0.2) is 9.37 Å². The molecule has 0 amide bonds. The molecular weight excluding hydrogens is 285 g/mol. The summed E-state index contributed by atoms with van der Waals surface area (Å²) in [6.45, 7) is 0. The zero-order valence-corrected chi connectivity index (χ0v) is 11.7. The quantitative estimate of drug-likeness (QED) is 0.583. The topological polar surface area (TPSA) is 99.9 Å². The van der Waals surface area contributed by atoms with Crippen molar-refractivity contribution in [3.8, 4) is 5.75 Å². The number of nitrogens with two attached hydrogens (primary N) is 1. The predicted molar refractivity (Wildman–Crippen MR) is 81.7 cm³/mol. The number of halogens is 1. The SMILES string of the molecule is Nc1n[nH]c2nc(Nc3cc(O)cc4c3CCC4)c(F)cc12. The maximum absolute atomic E-state index is 14.2. The Hall–Kier alpha value is -2.83. The second-order valence-electron chi connectivity index (χ2n) is 5.43.